The summed E-state index contributed by atoms with van der Waals surface area (Å²) in [5, 5.41) is 3.58. The highest BCUT2D eigenvalue weighted by Gasteiger charge is 2.31. The van der Waals surface area contributed by atoms with Crippen LogP contribution in [-0.4, -0.2) is 50.3 Å². The molecule has 1 aliphatic rings. The Morgan fingerprint density at radius 1 is 1.35 bits per heavy atom. The van der Waals surface area contributed by atoms with Gasteiger partial charge in [-0.3, -0.25) is 4.90 Å². The van der Waals surface area contributed by atoms with Crippen LogP contribution in [-0.2, 0) is 4.74 Å². The fourth-order valence-electron chi connectivity index (χ4n) is 2.29. The molecule has 1 rings (SSSR count). The molecule has 0 bridgehead atoms. The summed E-state index contributed by atoms with van der Waals surface area (Å²) in [5.74, 6) is 0. The third-order valence-corrected chi connectivity index (χ3v) is 3.53. The van der Waals surface area contributed by atoms with E-state index < -0.39 is 0 Å². The van der Waals surface area contributed by atoms with E-state index in [9.17, 15) is 0 Å². The van der Waals surface area contributed by atoms with Crippen molar-refractivity contribution in [2.24, 2.45) is 0 Å². The highest BCUT2D eigenvalue weighted by Crippen LogP contribution is 2.28. The lowest BCUT2D eigenvalue weighted by molar-refractivity contribution is 0.118. The molecule has 0 aromatic carbocycles. The number of nitrogens with zero attached hydrogens (tertiary/aromatic N) is 1. The monoisotopic (exact) mass is 242 g/mol. The molecule has 1 atom stereocenters. The van der Waals surface area contributed by atoms with Crippen LogP contribution in [0.5, 0.6) is 0 Å². The second-order valence-electron chi connectivity index (χ2n) is 5.22. The topological polar surface area (TPSA) is 24.5 Å². The summed E-state index contributed by atoms with van der Waals surface area (Å²) in [6.45, 7) is 8.81. The molecule has 1 aliphatic carbocycles. The minimum Gasteiger partial charge on any atom is -0.383 e. The van der Waals surface area contributed by atoms with Gasteiger partial charge in [-0.05, 0) is 32.7 Å². The second kappa shape index (κ2) is 8.90. The smallest absolute Gasteiger partial charge is 0.0589 e. The summed E-state index contributed by atoms with van der Waals surface area (Å²) in [7, 11) is 1.79. The average molecular weight is 242 g/mol. The zero-order chi connectivity index (χ0) is 12.5. The van der Waals surface area contributed by atoms with E-state index in [-0.39, 0.29) is 0 Å². The van der Waals surface area contributed by atoms with E-state index in [1.807, 2.05) is 0 Å². The van der Waals surface area contributed by atoms with Crippen LogP contribution in [0.2, 0.25) is 0 Å². The Balaban J connectivity index is 2.11. The van der Waals surface area contributed by atoms with Gasteiger partial charge in [0.05, 0.1) is 6.61 Å². The molecule has 0 aromatic rings. The van der Waals surface area contributed by atoms with E-state index in [4.69, 9.17) is 4.74 Å². The lowest BCUT2D eigenvalue weighted by Crippen LogP contribution is -2.43. The van der Waals surface area contributed by atoms with Gasteiger partial charge in [0.25, 0.3) is 0 Å². The van der Waals surface area contributed by atoms with Crippen LogP contribution in [0, 0.1) is 0 Å². The van der Waals surface area contributed by atoms with Gasteiger partial charge in [0.15, 0.2) is 0 Å². The summed E-state index contributed by atoms with van der Waals surface area (Å²) in [5.41, 5.74) is 0. The van der Waals surface area contributed by atoms with E-state index >= 15 is 0 Å². The van der Waals surface area contributed by atoms with Crippen molar-refractivity contribution < 1.29 is 4.74 Å². The zero-order valence-corrected chi connectivity index (χ0v) is 11.9. The highest BCUT2D eigenvalue weighted by molar-refractivity contribution is 4.87. The quantitative estimate of drug-likeness (QED) is 0.563. The first-order valence-electron chi connectivity index (χ1n) is 7.25. The summed E-state index contributed by atoms with van der Waals surface area (Å²) >= 11 is 0. The number of rotatable bonds is 11. The molecular weight excluding hydrogens is 212 g/mol. The lowest BCUT2D eigenvalue weighted by Gasteiger charge is -2.29. The molecule has 3 nitrogen and oxygen atoms in total. The molecule has 0 aliphatic heterocycles. The fraction of sp³-hybridized carbons (Fsp3) is 1.00. The Kier molecular flexibility index (Phi) is 7.82. The predicted octanol–water partition coefficient (Wildman–Crippen LogP) is 2.27. The minimum absolute atomic E-state index is 0.638. The first-order valence-corrected chi connectivity index (χ1v) is 7.25. The zero-order valence-electron chi connectivity index (χ0n) is 11.9. The molecule has 0 aromatic heterocycles. The van der Waals surface area contributed by atoms with Gasteiger partial charge in [0.1, 0.15) is 0 Å². The average Bonchev–Trinajstić information content (AvgIpc) is 3.14. The van der Waals surface area contributed by atoms with Crippen LogP contribution in [0.15, 0.2) is 0 Å². The standard InChI is InChI=1S/C14H30N2O/c1-4-5-6-9-15-12-13(2)16(10-11-17-3)14-7-8-14/h13-15H,4-12H2,1-3H3. The molecule has 0 amide bonds. The molecule has 3 heteroatoms. The lowest BCUT2D eigenvalue weighted by atomic mass is 10.2. The Hall–Kier alpha value is -0.120. The van der Waals surface area contributed by atoms with Gasteiger partial charge in [-0.1, -0.05) is 19.8 Å². The van der Waals surface area contributed by atoms with Crippen LogP contribution >= 0.6 is 0 Å². The number of hydrogen-bond acceptors (Lipinski definition) is 3. The SMILES string of the molecule is CCCCCNCC(C)N(CCOC)C1CC1. The molecular formula is C14H30N2O. The first-order chi connectivity index (χ1) is 8.29. The molecule has 102 valence electrons. The van der Waals surface area contributed by atoms with Gasteiger partial charge in [-0.25, -0.2) is 0 Å². The highest BCUT2D eigenvalue weighted by atomic mass is 16.5. The van der Waals surface area contributed by atoms with Crippen LogP contribution in [0.25, 0.3) is 0 Å². The third-order valence-electron chi connectivity index (χ3n) is 3.53. The predicted molar refractivity (Wildman–Crippen MR) is 73.5 cm³/mol. The largest absolute Gasteiger partial charge is 0.383 e. The number of ether oxygens (including phenoxy) is 1. The van der Waals surface area contributed by atoms with Gasteiger partial charge in [0.2, 0.25) is 0 Å². The number of methoxy groups -OCH3 is 1. The molecule has 0 radical (unpaired) electrons. The number of nitrogens with one attached hydrogen (secondary N) is 1. The van der Waals surface area contributed by atoms with E-state index in [1.54, 1.807) is 7.11 Å². The van der Waals surface area contributed by atoms with Crippen molar-refractivity contribution in [1.82, 2.24) is 10.2 Å². The van der Waals surface area contributed by atoms with Crippen LogP contribution in [0.1, 0.15) is 46.0 Å². The molecule has 0 heterocycles. The van der Waals surface area contributed by atoms with E-state index in [0.29, 0.717) is 6.04 Å². The minimum atomic E-state index is 0.638. The molecule has 1 N–H and O–H groups in total. The Bertz CT molecular complexity index is 183. The molecule has 0 spiro atoms. The van der Waals surface area contributed by atoms with Gasteiger partial charge in [-0.2, -0.15) is 0 Å². The Labute approximate surface area is 107 Å². The van der Waals surface area contributed by atoms with Crippen molar-refractivity contribution in [1.29, 1.82) is 0 Å². The molecule has 1 unspecified atom stereocenters. The summed E-state index contributed by atoms with van der Waals surface area (Å²) in [6.07, 6.45) is 6.72. The Morgan fingerprint density at radius 2 is 2.12 bits per heavy atom. The molecule has 1 saturated carbocycles. The fourth-order valence-corrected chi connectivity index (χ4v) is 2.29. The first kappa shape index (κ1) is 14.9. The molecule has 17 heavy (non-hydrogen) atoms. The third kappa shape index (κ3) is 6.39. The van der Waals surface area contributed by atoms with Crippen LogP contribution in [0.4, 0.5) is 0 Å². The summed E-state index contributed by atoms with van der Waals surface area (Å²) in [4.78, 5) is 2.61. The number of hydrogen-bond donors (Lipinski definition) is 1. The van der Waals surface area contributed by atoms with E-state index in [2.05, 4.69) is 24.1 Å². The van der Waals surface area contributed by atoms with Gasteiger partial charge in [0, 0.05) is 32.3 Å². The Morgan fingerprint density at radius 3 is 2.71 bits per heavy atom. The van der Waals surface area contributed by atoms with Gasteiger partial charge < -0.3 is 10.1 Å². The van der Waals surface area contributed by atoms with Crippen LogP contribution in [0.3, 0.4) is 0 Å². The van der Waals surface area contributed by atoms with Gasteiger partial charge >= 0.3 is 0 Å². The molecule has 0 saturated heterocycles. The van der Waals surface area contributed by atoms with Crippen molar-refractivity contribution in [3.05, 3.63) is 0 Å². The number of unbranched alkanes of at least 4 members (excludes halogenated alkanes) is 2. The molecule has 1 fully saturated rings. The van der Waals surface area contributed by atoms with Crippen molar-refractivity contribution >= 4 is 0 Å². The maximum atomic E-state index is 5.20. The van der Waals surface area contributed by atoms with Crippen LogP contribution < -0.4 is 5.32 Å². The van der Waals surface area contributed by atoms with E-state index in [1.165, 1.54) is 38.6 Å². The van der Waals surface area contributed by atoms with Gasteiger partial charge in [-0.15, -0.1) is 0 Å². The van der Waals surface area contributed by atoms with Crippen molar-refractivity contribution in [2.45, 2.75) is 58.0 Å². The summed E-state index contributed by atoms with van der Waals surface area (Å²) < 4.78 is 5.20. The normalized spacial score (nSPS) is 17.6. The summed E-state index contributed by atoms with van der Waals surface area (Å²) in [6, 6.07) is 1.47. The van der Waals surface area contributed by atoms with Crippen molar-refractivity contribution in [2.75, 3.05) is 33.4 Å². The van der Waals surface area contributed by atoms with Crippen molar-refractivity contribution in [3.8, 4) is 0 Å². The maximum Gasteiger partial charge on any atom is 0.0589 e. The second-order valence-corrected chi connectivity index (χ2v) is 5.22. The van der Waals surface area contributed by atoms with E-state index in [0.717, 1.165) is 25.7 Å². The van der Waals surface area contributed by atoms with Crippen molar-refractivity contribution in [3.63, 3.8) is 0 Å². The maximum absolute atomic E-state index is 5.20.